The number of carboxylic acids is 1. The summed E-state index contributed by atoms with van der Waals surface area (Å²) in [5, 5.41) is 27.3. The predicted octanol–water partition coefficient (Wildman–Crippen LogP) is -0.864. The zero-order valence-corrected chi connectivity index (χ0v) is 12.2. The molecule has 1 aliphatic heterocycles. The summed E-state index contributed by atoms with van der Waals surface area (Å²) < 4.78 is 0. The normalized spacial score (nSPS) is 34.9. The maximum atomic E-state index is 11.6. The highest BCUT2D eigenvalue weighted by atomic mass is 16.4. The molecule has 7 nitrogen and oxygen atoms in total. The summed E-state index contributed by atoms with van der Waals surface area (Å²) in [5.41, 5.74) is 4.88. The summed E-state index contributed by atoms with van der Waals surface area (Å²) in [5.74, 6) is -1.01. The molecular formula is C13H23BN2O5. The number of hydrogen-bond donors (Lipinski definition) is 4. The Morgan fingerprint density at radius 2 is 2.05 bits per heavy atom. The zero-order valence-electron chi connectivity index (χ0n) is 12.2. The van der Waals surface area contributed by atoms with Gasteiger partial charge in [-0.1, -0.05) is 6.42 Å². The van der Waals surface area contributed by atoms with E-state index in [1.165, 1.54) is 6.92 Å². The van der Waals surface area contributed by atoms with Crippen molar-refractivity contribution in [1.82, 2.24) is 4.90 Å². The molecule has 2 aliphatic rings. The molecule has 0 spiro atoms. The number of fused-ring (bicyclic) bond motifs is 1. The van der Waals surface area contributed by atoms with Gasteiger partial charge >= 0.3 is 13.1 Å². The lowest BCUT2D eigenvalue weighted by molar-refractivity contribution is -0.145. The third-order valence-corrected chi connectivity index (χ3v) is 5.09. The molecule has 2 fully saturated rings. The molecule has 0 aromatic heterocycles. The van der Waals surface area contributed by atoms with E-state index >= 15 is 0 Å². The zero-order chi connectivity index (χ0) is 15.8. The molecule has 0 aromatic rings. The topological polar surface area (TPSA) is 124 Å². The molecule has 1 aliphatic carbocycles. The van der Waals surface area contributed by atoms with E-state index in [2.05, 4.69) is 0 Å². The summed E-state index contributed by atoms with van der Waals surface area (Å²) in [4.78, 5) is 24.8. The third kappa shape index (κ3) is 3.07. The Hall–Kier alpha value is -1.12. The lowest BCUT2D eigenvalue weighted by Crippen LogP contribution is -2.53. The van der Waals surface area contributed by atoms with E-state index in [1.54, 1.807) is 4.90 Å². The number of nitrogens with zero attached hydrogens (tertiary/aromatic N) is 1. The fourth-order valence-corrected chi connectivity index (χ4v) is 4.03. The van der Waals surface area contributed by atoms with Gasteiger partial charge in [-0.05, 0) is 36.9 Å². The van der Waals surface area contributed by atoms with Crippen LogP contribution in [0.3, 0.4) is 0 Å². The van der Waals surface area contributed by atoms with E-state index in [9.17, 15) is 14.7 Å². The fourth-order valence-electron chi connectivity index (χ4n) is 4.03. The first kappa shape index (κ1) is 16.3. The van der Waals surface area contributed by atoms with Crippen molar-refractivity contribution in [2.75, 3.05) is 13.1 Å². The van der Waals surface area contributed by atoms with Gasteiger partial charge in [-0.15, -0.1) is 0 Å². The molecule has 0 unspecified atom stereocenters. The number of likely N-dealkylation sites (tertiary alicyclic amines) is 1. The Kier molecular flexibility index (Phi) is 4.60. The van der Waals surface area contributed by atoms with Gasteiger partial charge in [-0.3, -0.25) is 9.59 Å². The SMILES string of the molecule is CC(=O)N1C[C@@H]2C[C@@](N)(C(=O)O)[C@@H](CCCB(O)O)[C@@H]2C1. The second-order valence-electron chi connectivity index (χ2n) is 6.42. The Morgan fingerprint density at radius 3 is 2.57 bits per heavy atom. The second-order valence-corrected chi connectivity index (χ2v) is 6.42. The Labute approximate surface area is 124 Å². The van der Waals surface area contributed by atoms with Gasteiger partial charge in [0, 0.05) is 20.0 Å². The number of carboxylic acid groups (broad SMARTS) is 1. The van der Waals surface area contributed by atoms with Crippen molar-refractivity contribution < 1.29 is 24.7 Å². The first-order valence-electron chi connectivity index (χ1n) is 7.39. The lowest BCUT2D eigenvalue weighted by atomic mass is 9.76. The average Bonchev–Trinajstić information content (AvgIpc) is 2.87. The molecule has 8 heteroatoms. The summed E-state index contributed by atoms with van der Waals surface area (Å²) in [6.07, 6.45) is 1.63. The minimum absolute atomic E-state index is 0.00637. The number of carbonyl (C=O) groups is 2. The van der Waals surface area contributed by atoms with E-state index < -0.39 is 18.6 Å². The monoisotopic (exact) mass is 298 g/mol. The maximum absolute atomic E-state index is 11.6. The van der Waals surface area contributed by atoms with Crippen LogP contribution in [0.1, 0.15) is 26.2 Å². The van der Waals surface area contributed by atoms with E-state index in [-0.39, 0.29) is 30.0 Å². The van der Waals surface area contributed by atoms with E-state index in [1.807, 2.05) is 0 Å². The summed E-state index contributed by atoms with van der Waals surface area (Å²) in [6, 6.07) is 0. The highest BCUT2D eigenvalue weighted by Crippen LogP contribution is 2.49. The van der Waals surface area contributed by atoms with Crippen LogP contribution in [0.25, 0.3) is 0 Å². The third-order valence-electron chi connectivity index (χ3n) is 5.09. The molecule has 5 N–H and O–H groups in total. The highest BCUT2D eigenvalue weighted by molar-refractivity contribution is 6.40. The quantitative estimate of drug-likeness (QED) is 0.489. The van der Waals surface area contributed by atoms with Crippen LogP contribution in [0.4, 0.5) is 0 Å². The molecule has 0 aromatic carbocycles. The minimum atomic E-state index is -1.38. The van der Waals surface area contributed by atoms with Crippen molar-refractivity contribution in [2.24, 2.45) is 23.5 Å². The molecule has 1 saturated heterocycles. The van der Waals surface area contributed by atoms with Crippen LogP contribution < -0.4 is 5.73 Å². The number of hydrogen-bond acceptors (Lipinski definition) is 5. The van der Waals surface area contributed by atoms with Crippen molar-refractivity contribution in [3.63, 3.8) is 0 Å². The van der Waals surface area contributed by atoms with Crippen LogP contribution in [0.5, 0.6) is 0 Å². The molecule has 2 rings (SSSR count). The Bertz CT molecular complexity index is 433. The van der Waals surface area contributed by atoms with Crippen molar-refractivity contribution in [3.8, 4) is 0 Å². The number of rotatable bonds is 5. The van der Waals surface area contributed by atoms with Gasteiger partial charge in [0.25, 0.3) is 0 Å². The predicted molar refractivity (Wildman–Crippen MR) is 76.1 cm³/mol. The summed E-state index contributed by atoms with van der Waals surface area (Å²) in [6.45, 7) is 2.65. The second kappa shape index (κ2) is 5.94. The number of nitrogens with two attached hydrogens (primary N) is 1. The van der Waals surface area contributed by atoms with Crippen molar-refractivity contribution >= 4 is 19.0 Å². The van der Waals surface area contributed by atoms with Crippen LogP contribution in [-0.4, -0.2) is 57.7 Å². The molecule has 1 saturated carbocycles. The van der Waals surface area contributed by atoms with Gasteiger partial charge in [0.1, 0.15) is 5.54 Å². The molecule has 0 bridgehead atoms. The van der Waals surface area contributed by atoms with Gasteiger partial charge in [-0.25, -0.2) is 0 Å². The molecule has 4 atom stereocenters. The van der Waals surface area contributed by atoms with E-state index in [0.29, 0.717) is 32.4 Å². The van der Waals surface area contributed by atoms with Crippen molar-refractivity contribution in [2.45, 2.75) is 38.0 Å². The largest absolute Gasteiger partial charge is 0.480 e. The summed E-state index contributed by atoms with van der Waals surface area (Å²) in [7, 11) is -1.38. The molecule has 1 amide bonds. The smallest absolute Gasteiger partial charge is 0.451 e. The Balaban J connectivity index is 2.10. The first-order valence-corrected chi connectivity index (χ1v) is 7.39. The minimum Gasteiger partial charge on any atom is -0.480 e. The average molecular weight is 298 g/mol. The van der Waals surface area contributed by atoms with Crippen LogP contribution in [-0.2, 0) is 9.59 Å². The van der Waals surface area contributed by atoms with Gasteiger partial charge in [0.05, 0.1) is 0 Å². The number of aliphatic carboxylic acids is 1. The van der Waals surface area contributed by atoms with Gasteiger partial charge in [0.2, 0.25) is 5.91 Å². The van der Waals surface area contributed by atoms with Crippen LogP contribution in [0.15, 0.2) is 0 Å². The van der Waals surface area contributed by atoms with Crippen LogP contribution in [0.2, 0.25) is 6.32 Å². The van der Waals surface area contributed by atoms with Crippen molar-refractivity contribution in [3.05, 3.63) is 0 Å². The number of amides is 1. The highest BCUT2D eigenvalue weighted by Gasteiger charge is 2.58. The first-order chi connectivity index (χ1) is 9.75. The van der Waals surface area contributed by atoms with Crippen LogP contribution in [0, 0.1) is 17.8 Å². The molecule has 0 radical (unpaired) electrons. The van der Waals surface area contributed by atoms with Gasteiger partial charge in [-0.2, -0.15) is 0 Å². The van der Waals surface area contributed by atoms with Gasteiger partial charge in [0.15, 0.2) is 0 Å². The molecular weight excluding hydrogens is 275 g/mol. The Morgan fingerprint density at radius 1 is 1.38 bits per heavy atom. The maximum Gasteiger partial charge on any atom is 0.451 e. The standard InChI is InChI=1S/C13H23BN2O5/c1-8(17)16-6-9-5-13(15,12(18)19)11(10(9)7-16)3-2-4-14(20)21/h9-11,20-21H,2-7,15H2,1H3,(H,18,19)/t9-,10+,11-,13-/m0/s1. The lowest BCUT2D eigenvalue weighted by Gasteiger charge is -2.31. The van der Waals surface area contributed by atoms with Crippen molar-refractivity contribution in [1.29, 1.82) is 0 Å². The van der Waals surface area contributed by atoms with Gasteiger partial charge < -0.3 is 25.8 Å². The molecule has 21 heavy (non-hydrogen) atoms. The van der Waals surface area contributed by atoms with E-state index in [4.69, 9.17) is 15.8 Å². The summed E-state index contributed by atoms with van der Waals surface area (Å²) >= 11 is 0. The number of carbonyl (C=O) groups excluding carboxylic acids is 1. The fraction of sp³-hybridized carbons (Fsp3) is 0.846. The van der Waals surface area contributed by atoms with E-state index in [0.717, 1.165) is 0 Å². The van der Waals surface area contributed by atoms with Crippen LogP contribution >= 0.6 is 0 Å². The molecule has 1 heterocycles. The molecule has 118 valence electrons.